The normalized spacial score (nSPS) is 18.9. The Labute approximate surface area is 285 Å². The zero-order chi connectivity index (χ0) is 33.0. The van der Waals surface area contributed by atoms with Gasteiger partial charge in [-0.15, -0.1) is 0 Å². The van der Waals surface area contributed by atoms with Gasteiger partial charge in [0, 0.05) is 77.4 Å². The maximum absolute atomic E-state index is 14.2. The molecule has 0 saturated heterocycles. The van der Waals surface area contributed by atoms with Crippen LogP contribution in [0.2, 0.25) is 0 Å². The first-order chi connectivity index (χ1) is 23.9. The lowest BCUT2D eigenvalue weighted by Crippen LogP contribution is -2.40. The van der Waals surface area contributed by atoms with Crippen molar-refractivity contribution in [1.29, 1.82) is 0 Å². The fraction of sp³-hybridized carbons (Fsp3) is 0.350. The first kappa shape index (κ1) is 29.3. The lowest BCUT2D eigenvalue weighted by atomic mass is 9.72. The second-order valence-electron chi connectivity index (χ2n) is 14.5. The number of hydrogen-bond donors (Lipinski definition) is 2. The smallest absolute Gasteiger partial charge is 0.456 e. The molecule has 0 atom stereocenters. The van der Waals surface area contributed by atoms with Crippen molar-refractivity contribution in [2.45, 2.75) is 63.4 Å². The molecule has 0 aromatic heterocycles. The number of ether oxygens (including phenoxy) is 2. The Morgan fingerprint density at radius 3 is 1.88 bits per heavy atom. The van der Waals surface area contributed by atoms with E-state index >= 15 is 0 Å². The number of esters is 1. The molecule has 4 aromatic rings. The van der Waals surface area contributed by atoms with E-state index in [4.69, 9.17) is 9.47 Å². The summed E-state index contributed by atoms with van der Waals surface area (Å²) >= 11 is 0. The van der Waals surface area contributed by atoms with Crippen LogP contribution in [0, 0.1) is 0 Å². The van der Waals surface area contributed by atoms with Crippen molar-refractivity contribution in [3.63, 3.8) is 0 Å². The number of anilines is 2. The molecule has 9 heteroatoms. The Morgan fingerprint density at radius 2 is 1.31 bits per heavy atom. The molecule has 246 valence electrons. The van der Waals surface area contributed by atoms with Crippen molar-refractivity contribution in [1.82, 2.24) is 0 Å². The number of Topliss-reactive ketones (excluding diaryl/α,β-unsaturated/α-hetero) is 1. The molecule has 6 aliphatic rings. The molecule has 6 aliphatic heterocycles. The molecule has 0 saturated carbocycles. The number of ketones is 1. The summed E-state index contributed by atoms with van der Waals surface area (Å²) in [6.45, 7) is 4.21. The third kappa shape index (κ3) is 4.18. The number of nitrogens with zero attached hydrogens (tertiary/aromatic N) is 2. The molecule has 0 radical (unpaired) electrons. The van der Waals surface area contributed by atoms with E-state index in [-0.39, 0.29) is 12.2 Å². The van der Waals surface area contributed by atoms with Crippen LogP contribution in [-0.2, 0) is 42.4 Å². The number of hydrogen-bond acceptors (Lipinski definition) is 8. The highest BCUT2D eigenvalue weighted by Gasteiger charge is 2.56. The van der Waals surface area contributed by atoms with E-state index in [0.717, 1.165) is 111 Å². The zero-order valence-corrected chi connectivity index (χ0v) is 27.4. The van der Waals surface area contributed by atoms with Gasteiger partial charge in [0.1, 0.15) is 11.5 Å². The van der Waals surface area contributed by atoms with Crippen LogP contribution in [0.15, 0.2) is 54.6 Å². The molecule has 0 unspecified atom stereocenters. The van der Waals surface area contributed by atoms with E-state index in [9.17, 15) is 19.6 Å². The lowest BCUT2D eigenvalue weighted by Gasteiger charge is -2.45. The predicted molar refractivity (Wildman–Crippen MR) is 187 cm³/mol. The van der Waals surface area contributed by atoms with Crippen LogP contribution in [0.3, 0.4) is 0 Å². The Bertz CT molecular complexity index is 2020. The molecular weight excluding hydrogens is 615 g/mol. The van der Waals surface area contributed by atoms with Gasteiger partial charge in [-0.3, -0.25) is 4.79 Å². The molecular formula is C40H37BN2O6. The summed E-state index contributed by atoms with van der Waals surface area (Å²) in [5, 5.41) is 18.9. The third-order valence-electron chi connectivity index (χ3n) is 11.7. The molecule has 2 N–H and O–H groups in total. The molecule has 0 fully saturated rings. The molecule has 8 nitrogen and oxygen atoms in total. The van der Waals surface area contributed by atoms with Gasteiger partial charge >= 0.3 is 13.1 Å². The fourth-order valence-corrected chi connectivity index (χ4v) is 9.60. The molecule has 0 bridgehead atoms. The van der Waals surface area contributed by atoms with E-state index in [1.54, 1.807) is 30.3 Å². The zero-order valence-electron chi connectivity index (χ0n) is 27.4. The lowest BCUT2D eigenvalue weighted by molar-refractivity contribution is 0.0222. The molecule has 0 amide bonds. The number of benzene rings is 4. The van der Waals surface area contributed by atoms with Gasteiger partial charge in [0.05, 0.1) is 5.56 Å². The van der Waals surface area contributed by atoms with Crippen molar-refractivity contribution in [2.75, 3.05) is 36.0 Å². The standard InChI is InChI=1S/C40H37BN2O6/c44-34(19-23-9-12-27(13-10-23)41(46)47)24-11-14-31-30(20-24)39(45)49-40(31)32-21-25-5-1-15-42-17-3-7-28(35(25)42)37(32)48-38-29-8-4-18-43-16-2-6-26(36(29)43)22-33(38)40/h9-14,20-22,46-47H,1-8,15-19H2. The first-order valence-corrected chi connectivity index (χ1v) is 17.8. The van der Waals surface area contributed by atoms with E-state index in [0.29, 0.717) is 16.6 Å². The van der Waals surface area contributed by atoms with Gasteiger partial charge in [-0.2, -0.15) is 0 Å². The van der Waals surface area contributed by atoms with Gasteiger partial charge in [0.2, 0.25) is 0 Å². The molecule has 0 aliphatic carbocycles. The molecule has 6 heterocycles. The highest BCUT2D eigenvalue weighted by molar-refractivity contribution is 6.58. The van der Waals surface area contributed by atoms with E-state index in [2.05, 4.69) is 21.9 Å². The number of aryl methyl sites for hydroxylation is 2. The number of rotatable bonds is 4. The molecule has 4 aromatic carbocycles. The van der Waals surface area contributed by atoms with Gasteiger partial charge in [-0.05, 0) is 91.7 Å². The average molecular weight is 653 g/mol. The SMILES string of the molecule is O=C(Cc1ccc(B(O)O)cc1)c1ccc2c(c1)C(=O)OC21c2cc3c4c(c2Oc2c1cc1c5c2CCCN5CCC1)CCCN4CCC3. The van der Waals surface area contributed by atoms with Crippen LogP contribution in [0.4, 0.5) is 11.4 Å². The second-order valence-corrected chi connectivity index (χ2v) is 14.5. The maximum atomic E-state index is 14.2. The first-order valence-electron chi connectivity index (χ1n) is 17.8. The largest absolute Gasteiger partial charge is 0.488 e. The van der Waals surface area contributed by atoms with Crippen molar-refractivity contribution in [2.24, 2.45) is 0 Å². The maximum Gasteiger partial charge on any atom is 0.488 e. The van der Waals surface area contributed by atoms with Gasteiger partial charge in [0.15, 0.2) is 11.4 Å². The van der Waals surface area contributed by atoms with E-state index < -0.39 is 18.7 Å². The van der Waals surface area contributed by atoms with Crippen LogP contribution in [0.1, 0.15) is 90.9 Å². The Kier molecular flexibility index (Phi) is 6.41. The molecule has 10 rings (SSSR count). The van der Waals surface area contributed by atoms with Crippen LogP contribution >= 0.6 is 0 Å². The highest BCUT2D eigenvalue weighted by atomic mass is 16.6. The van der Waals surface area contributed by atoms with E-state index in [1.807, 2.05) is 12.1 Å². The minimum absolute atomic E-state index is 0.123. The van der Waals surface area contributed by atoms with Crippen LogP contribution in [0.25, 0.3) is 0 Å². The van der Waals surface area contributed by atoms with Gasteiger partial charge < -0.3 is 29.3 Å². The second kappa shape index (κ2) is 10.7. The van der Waals surface area contributed by atoms with Crippen molar-refractivity contribution in [3.8, 4) is 11.5 Å². The molecule has 1 spiro atoms. The van der Waals surface area contributed by atoms with Gasteiger partial charge in [0.25, 0.3) is 0 Å². The minimum Gasteiger partial charge on any atom is -0.456 e. The summed E-state index contributed by atoms with van der Waals surface area (Å²) in [5.74, 6) is 1.14. The summed E-state index contributed by atoms with van der Waals surface area (Å²) in [6, 6.07) is 16.7. The summed E-state index contributed by atoms with van der Waals surface area (Å²) in [7, 11) is -1.56. The Balaban J connectivity index is 1.16. The summed E-state index contributed by atoms with van der Waals surface area (Å²) in [5.41, 5.74) is 11.1. The van der Waals surface area contributed by atoms with E-state index in [1.165, 1.54) is 33.6 Å². The van der Waals surface area contributed by atoms with Crippen molar-refractivity contribution in [3.05, 3.63) is 110 Å². The number of carbonyl (C=O) groups is 2. The van der Waals surface area contributed by atoms with Crippen LogP contribution < -0.4 is 20.0 Å². The predicted octanol–water partition coefficient (Wildman–Crippen LogP) is 4.76. The highest BCUT2D eigenvalue weighted by Crippen LogP contribution is 2.62. The van der Waals surface area contributed by atoms with Crippen molar-refractivity contribution >= 4 is 35.7 Å². The van der Waals surface area contributed by atoms with Gasteiger partial charge in [-0.25, -0.2) is 4.79 Å². The topological polar surface area (TPSA) is 99.5 Å². The summed E-state index contributed by atoms with van der Waals surface area (Å²) in [6.07, 6.45) is 8.22. The quantitative estimate of drug-likeness (QED) is 0.185. The number of carbonyl (C=O) groups excluding carboxylic acids is 2. The average Bonchev–Trinajstić information content (AvgIpc) is 3.41. The van der Waals surface area contributed by atoms with Crippen molar-refractivity contribution < 1.29 is 29.1 Å². The minimum atomic E-state index is -1.56. The molecule has 49 heavy (non-hydrogen) atoms. The number of fused-ring (bicyclic) bond motifs is 8. The Hall–Kier alpha value is -4.60. The van der Waals surface area contributed by atoms with Gasteiger partial charge in [-0.1, -0.05) is 36.4 Å². The monoisotopic (exact) mass is 652 g/mol. The summed E-state index contributed by atoms with van der Waals surface area (Å²) < 4.78 is 13.9. The summed E-state index contributed by atoms with van der Waals surface area (Å²) in [4.78, 5) is 32.8. The fourth-order valence-electron chi connectivity index (χ4n) is 9.60. The van der Waals surface area contributed by atoms with Crippen LogP contribution in [0.5, 0.6) is 11.5 Å². The third-order valence-corrected chi connectivity index (χ3v) is 11.7. The Morgan fingerprint density at radius 1 is 0.735 bits per heavy atom. The van der Waals surface area contributed by atoms with Crippen LogP contribution in [-0.4, -0.2) is 55.1 Å².